The summed E-state index contributed by atoms with van der Waals surface area (Å²) in [6, 6.07) is 18.4. The van der Waals surface area contributed by atoms with Crippen LogP contribution < -0.4 is 5.56 Å². The molecule has 0 N–H and O–H groups in total. The third kappa shape index (κ3) is 2.93. The first-order chi connectivity index (χ1) is 13.1. The number of fused-ring (bicyclic) bond motifs is 1. The zero-order chi connectivity index (χ0) is 19.0. The second kappa shape index (κ2) is 6.61. The second-order valence-corrected chi connectivity index (χ2v) is 6.25. The highest BCUT2D eigenvalue weighted by atomic mass is 16.5. The van der Waals surface area contributed by atoms with Crippen LogP contribution in [0.3, 0.4) is 0 Å². The smallest absolute Gasteiger partial charge is 0.337 e. The van der Waals surface area contributed by atoms with Gasteiger partial charge in [0.25, 0.3) is 5.56 Å². The number of pyridine rings is 1. The van der Waals surface area contributed by atoms with E-state index >= 15 is 0 Å². The topological polar surface area (TPSA) is 61.4 Å². The lowest BCUT2D eigenvalue weighted by molar-refractivity contribution is 0.0601. The summed E-state index contributed by atoms with van der Waals surface area (Å²) in [5.74, 6) is 0.248. The average Bonchev–Trinajstić information content (AvgIpc) is 3.17. The molecule has 2 aromatic carbocycles. The van der Waals surface area contributed by atoms with Crippen LogP contribution >= 0.6 is 0 Å². The highest BCUT2D eigenvalue weighted by Crippen LogP contribution is 2.33. The Morgan fingerprint density at radius 1 is 1.00 bits per heavy atom. The summed E-state index contributed by atoms with van der Waals surface area (Å²) < 4.78 is 12.3. The summed E-state index contributed by atoms with van der Waals surface area (Å²) in [5.41, 5.74) is 3.41. The first-order valence-electron chi connectivity index (χ1n) is 8.46. The predicted molar refractivity (Wildman–Crippen MR) is 104 cm³/mol. The first-order valence-corrected chi connectivity index (χ1v) is 8.46. The Morgan fingerprint density at radius 3 is 2.37 bits per heavy atom. The van der Waals surface area contributed by atoms with E-state index in [0.29, 0.717) is 22.3 Å². The van der Waals surface area contributed by atoms with Gasteiger partial charge in [0.2, 0.25) is 0 Å². The van der Waals surface area contributed by atoms with Gasteiger partial charge in [-0.05, 0) is 23.8 Å². The third-order valence-corrected chi connectivity index (χ3v) is 4.53. The van der Waals surface area contributed by atoms with Gasteiger partial charge in [-0.3, -0.25) is 4.79 Å². The van der Waals surface area contributed by atoms with E-state index in [-0.39, 0.29) is 5.56 Å². The maximum absolute atomic E-state index is 12.6. The van der Waals surface area contributed by atoms with Crippen LogP contribution in [0.15, 0.2) is 76.1 Å². The molecule has 0 fully saturated rings. The quantitative estimate of drug-likeness (QED) is 0.513. The number of esters is 1. The van der Waals surface area contributed by atoms with Crippen molar-refractivity contribution in [2.24, 2.45) is 7.05 Å². The number of furan rings is 1. The third-order valence-electron chi connectivity index (χ3n) is 4.53. The van der Waals surface area contributed by atoms with Crippen LogP contribution in [-0.2, 0) is 11.8 Å². The Balaban J connectivity index is 1.90. The van der Waals surface area contributed by atoms with Crippen LogP contribution in [-0.4, -0.2) is 17.6 Å². The van der Waals surface area contributed by atoms with E-state index in [1.165, 1.54) is 11.7 Å². The number of ether oxygens (including phenoxy) is 1. The molecule has 5 nitrogen and oxygen atoms in total. The van der Waals surface area contributed by atoms with Gasteiger partial charge in [0, 0.05) is 24.4 Å². The van der Waals surface area contributed by atoms with Crippen LogP contribution in [0.25, 0.3) is 33.4 Å². The molecule has 0 saturated carbocycles. The average molecular weight is 359 g/mol. The van der Waals surface area contributed by atoms with E-state index < -0.39 is 5.97 Å². The van der Waals surface area contributed by atoms with Gasteiger partial charge >= 0.3 is 5.97 Å². The lowest BCUT2D eigenvalue weighted by atomic mass is 10.0. The molecule has 5 heteroatoms. The standard InChI is InChI=1S/C22H17NO4/c1-23-13-18(14-8-10-16(11-9-14)22(25)26-2)20-17(21(23)24)12-19(27-20)15-6-4-3-5-7-15/h3-13H,1-2H3. The van der Waals surface area contributed by atoms with Gasteiger partial charge in [-0.2, -0.15) is 0 Å². The van der Waals surface area contributed by atoms with Crippen molar-refractivity contribution in [3.63, 3.8) is 0 Å². The number of nitrogens with zero attached hydrogens (tertiary/aromatic N) is 1. The molecule has 0 radical (unpaired) electrons. The van der Waals surface area contributed by atoms with Gasteiger partial charge in [0.05, 0.1) is 18.1 Å². The molecule has 4 rings (SSSR count). The zero-order valence-corrected chi connectivity index (χ0v) is 14.9. The summed E-state index contributed by atoms with van der Waals surface area (Å²) >= 11 is 0. The van der Waals surface area contributed by atoms with Gasteiger partial charge in [-0.15, -0.1) is 0 Å². The molecule has 0 bridgehead atoms. The van der Waals surface area contributed by atoms with E-state index in [2.05, 4.69) is 0 Å². The van der Waals surface area contributed by atoms with Crippen molar-refractivity contribution < 1.29 is 13.9 Å². The van der Waals surface area contributed by atoms with E-state index in [1.54, 1.807) is 31.4 Å². The molecular weight excluding hydrogens is 342 g/mol. The Bertz CT molecular complexity index is 1180. The first kappa shape index (κ1) is 16.8. The largest absolute Gasteiger partial charge is 0.465 e. The van der Waals surface area contributed by atoms with Gasteiger partial charge in [0.1, 0.15) is 11.3 Å². The summed E-state index contributed by atoms with van der Waals surface area (Å²) in [5, 5.41) is 0.519. The van der Waals surface area contributed by atoms with Crippen LogP contribution in [0.2, 0.25) is 0 Å². The molecule has 0 saturated heterocycles. The molecule has 2 aromatic heterocycles. The Hall–Kier alpha value is -3.60. The number of rotatable bonds is 3. The van der Waals surface area contributed by atoms with Crippen molar-refractivity contribution in [2.75, 3.05) is 7.11 Å². The fraction of sp³-hybridized carbons (Fsp3) is 0.0909. The number of benzene rings is 2. The maximum Gasteiger partial charge on any atom is 0.337 e. The van der Waals surface area contributed by atoms with Crippen LogP contribution in [0, 0.1) is 0 Å². The van der Waals surface area contributed by atoms with E-state index in [4.69, 9.17) is 9.15 Å². The van der Waals surface area contributed by atoms with Crippen molar-refractivity contribution in [1.29, 1.82) is 0 Å². The number of methoxy groups -OCH3 is 1. The van der Waals surface area contributed by atoms with E-state index in [9.17, 15) is 9.59 Å². The summed E-state index contributed by atoms with van der Waals surface area (Å²) in [4.78, 5) is 24.2. The number of aromatic nitrogens is 1. The number of aryl methyl sites for hydroxylation is 1. The zero-order valence-electron chi connectivity index (χ0n) is 14.9. The number of hydrogen-bond donors (Lipinski definition) is 0. The predicted octanol–water partition coefficient (Wildman–Crippen LogP) is 4.25. The molecule has 0 unspecified atom stereocenters. The SMILES string of the molecule is COC(=O)c1ccc(-c2cn(C)c(=O)c3cc(-c4ccccc4)oc23)cc1. The van der Waals surface area contributed by atoms with Crippen molar-refractivity contribution in [1.82, 2.24) is 4.57 Å². The number of carbonyl (C=O) groups excluding carboxylic acids is 1. The molecule has 0 atom stereocenters. The summed E-state index contributed by atoms with van der Waals surface area (Å²) in [6.07, 6.45) is 1.75. The molecular formula is C22H17NO4. The van der Waals surface area contributed by atoms with E-state index in [0.717, 1.165) is 16.7 Å². The van der Waals surface area contributed by atoms with Crippen molar-refractivity contribution >= 4 is 16.9 Å². The normalized spacial score (nSPS) is 10.9. The monoisotopic (exact) mass is 359 g/mol. The highest BCUT2D eigenvalue weighted by molar-refractivity contribution is 5.95. The van der Waals surface area contributed by atoms with Crippen molar-refractivity contribution in [3.8, 4) is 22.5 Å². The molecule has 0 aliphatic heterocycles. The van der Waals surface area contributed by atoms with Crippen molar-refractivity contribution in [3.05, 3.63) is 82.8 Å². The lowest BCUT2D eigenvalue weighted by Gasteiger charge is -2.07. The summed E-state index contributed by atoms with van der Waals surface area (Å²) in [6.45, 7) is 0. The van der Waals surface area contributed by atoms with E-state index in [1.807, 2.05) is 42.5 Å². The molecule has 27 heavy (non-hydrogen) atoms. The Labute approximate surface area is 155 Å². The van der Waals surface area contributed by atoms with Crippen molar-refractivity contribution in [2.45, 2.75) is 0 Å². The van der Waals surface area contributed by atoms with Gasteiger partial charge in [-0.1, -0.05) is 42.5 Å². The second-order valence-electron chi connectivity index (χ2n) is 6.25. The number of hydrogen-bond acceptors (Lipinski definition) is 4. The Kier molecular flexibility index (Phi) is 4.12. The molecule has 0 aliphatic rings. The fourth-order valence-electron chi connectivity index (χ4n) is 3.10. The molecule has 4 aromatic rings. The minimum Gasteiger partial charge on any atom is -0.465 e. The van der Waals surface area contributed by atoms with Gasteiger partial charge in [0.15, 0.2) is 0 Å². The van der Waals surface area contributed by atoms with Crippen LogP contribution in [0.5, 0.6) is 0 Å². The summed E-state index contributed by atoms with van der Waals surface area (Å²) in [7, 11) is 3.06. The molecule has 2 heterocycles. The Morgan fingerprint density at radius 2 is 1.70 bits per heavy atom. The number of carbonyl (C=O) groups is 1. The van der Waals surface area contributed by atoms with Crippen LogP contribution in [0.4, 0.5) is 0 Å². The minimum absolute atomic E-state index is 0.120. The fourth-order valence-corrected chi connectivity index (χ4v) is 3.10. The molecule has 134 valence electrons. The lowest BCUT2D eigenvalue weighted by Crippen LogP contribution is -2.15. The molecule has 0 amide bonds. The van der Waals surface area contributed by atoms with Crippen LogP contribution in [0.1, 0.15) is 10.4 Å². The maximum atomic E-state index is 12.6. The highest BCUT2D eigenvalue weighted by Gasteiger charge is 2.16. The van der Waals surface area contributed by atoms with Gasteiger partial charge < -0.3 is 13.7 Å². The van der Waals surface area contributed by atoms with Gasteiger partial charge in [-0.25, -0.2) is 4.79 Å². The minimum atomic E-state index is -0.392. The molecule has 0 aliphatic carbocycles. The molecule has 0 spiro atoms.